The zero-order chi connectivity index (χ0) is 38.2. The van der Waals surface area contributed by atoms with Gasteiger partial charge in [0, 0.05) is 38.4 Å². The monoisotopic (exact) mass is 740 g/mol. The second-order valence-corrected chi connectivity index (χ2v) is 14.8. The van der Waals surface area contributed by atoms with Crippen molar-refractivity contribution < 1.29 is 4.42 Å². The number of para-hydroxylation sites is 1. The first-order chi connectivity index (χ1) is 28.7. The molecule has 0 unspecified atom stereocenters. The normalized spacial score (nSPS) is 11.8. The maximum atomic E-state index is 6.76. The molecule has 9 aromatic carbocycles. The summed E-state index contributed by atoms with van der Waals surface area (Å²) in [6.45, 7) is 0. The van der Waals surface area contributed by atoms with Gasteiger partial charge in [0.25, 0.3) is 0 Å². The summed E-state index contributed by atoms with van der Waals surface area (Å²) in [6.07, 6.45) is 0. The molecule has 0 saturated carbocycles. The minimum atomic E-state index is 0.538. The molecule has 3 heterocycles. The second-order valence-electron chi connectivity index (χ2n) is 14.8. The summed E-state index contributed by atoms with van der Waals surface area (Å²) in [5.74, 6) is 1.72. The van der Waals surface area contributed by atoms with Crippen LogP contribution in [0.15, 0.2) is 199 Å². The summed E-state index contributed by atoms with van der Waals surface area (Å²) in [5.41, 5.74) is 9.61. The maximum Gasteiger partial charge on any atom is 0.167 e. The van der Waals surface area contributed by atoms with E-state index in [9.17, 15) is 0 Å². The Bertz CT molecular complexity index is 3570. The molecule has 0 aliphatic heterocycles. The fourth-order valence-corrected chi connectivity index (χ4v) is 8.67. The van der Waals surface area contributed by atoms with Crippen molar-refractivity contribution in [3.63, 3.8) is 0 Å². The lowest BCUT2D eigenvalue weighted by atomic mass is 10.0. The molecule has 3 aromatic heterocycles. The average molecular weight is 741 g/mol. The minimum absolute atomic E-state index is 0.538. The van der Waals surface area contributed by atoms with Crippen LogP contribution in [0.4, 0.5) is 0 Å². The van der Waals surface area contributed by atoms with Crippen LogP contribution >= 0.6 is 0 Å². The van der Waals surface area contributed by atoms with Gasteiger partial charge < -0.3 is 8.98 Å². The third kappa shape index (κ3) is 5.14. The Morgan fingerprint density at radius 1 is 0.362 bits per heavy atom. The van der Waals surface area contributed by atoms with Crippen molar-refractivity contribution in [3.05, 3.63) is 194 Å². The van der Waals surface area contributed by atoms with Crippen LogP contribution in [0, 0.1) is 0 Å². The molecule has 0 N–H and O–H groups in total. The summed E-state index contributed by atoms with van der Waals surface area (Å²) in [5, 5.41) is 9.29. The molecule has 0 spiro atoms. The van der Waals surface area contributed by atoms with E-state index in [2.05, 4.69) is 150 Å². The topological polar surface area (TPSA) is 56.7 Å². The molecular formula is C53H32N4O. The fourth-order valence-electron chi connectivity index (χ4n) is 8.67. The largest absolute Gasteiger partial charge is 0.455 e. The van der Waals surface area contributed by atoms with Crippen molar-refractivity contribution >= 4 is 65.3 Å². The van der Waals surface area contributed by atoms with Crippen molar-refractivity contribution in [2.24, 2.45) is 0 Å². The smallest absolute Gasteiger partial charge is 0.167 e. The van der Waals surface area contributed by atoms with E-state index >= 15 is 0 Å². The zero-order valence-electron chi connectivity index (χ0n) is 31.2. The van der Waals surface area contributed by atoms with Crippen molar-refractivity contribution in [1.29, 1.82) is 0 Å². The van der Waals surface area contributed by atoms with E-state index in [0.29, 0.717) is 17.5 Å². The van der Waals surface area contributed by atoms with E-state index in [-0.39, 0.29) is 0 Å². The predicted molar refractivity (Wildman–Crippen MR) is 238 cm³/mol. The van der Waals surface area contributed by atoms with Crippen LogP contribution in [-0.2, 0) is 0 Å². The van der Waals surface area contributed by atoms with Crippen LogP contribution in [0.2, 0.25) is 0 Å². The highest BCUT2D eigenvalue weighted by molar-refractivity contribution is 6.23. The lowest BCUT2D eigenvalue weighted by Gasteiger charge is -2.13. The molecule has 12 aromatic rings. The number of hydrogen-bond donors (Lipinski definition) is 0. The SMILES string of the molecule is c1ccc(-c2cccc(-c3nc(-c4ccccc4)nc(-c4cc(-n5c6cc7ccccc7cc6c6c7ccccc7ccc65)cc5c4oc4ccccc45)n3)c2)cc1. The number of benzene rings is 9. The summed E-state index contributed by atoms with van der Waals surface area (Å²) >= 11 is 0. The van der Waals surface area contributed by atoms with E-state index in [0.717, 1.165) is 66.5 Å². The Labute approximate surface area is 333 Å². The highest BCUT2D eigenvalue weighted by Gasteiger charge is 2.22. The van der Waals surface area contributed by atoms with Gasteiger partial charge in [0.2, 0.25) is 0 Å². The van der Waals surface area contributed by atoms with Gasteiger partial charge in [-0.15, -0.1) is 0 Å². The van der Waals surface area contributed by atoms with Crippen LogP contribution in [0.3, 0.4) is 0 Å². The molecule has 0 radical (unpaired) electrons. The van der Waals surface area contributed by atoms with Gasteiger partial charge >= 0.3 is 0 Å². The van der Waals surface area contributed by atoms with Crippen LogP contribution in [-0.4, -0.2) is 19.5 Å². The summed E-state index contributed by atoms with van der Waals surface area (Å²) < 4.78 is 9.16. The lowest BCUT2D eigenvalue weighted by molar-refractivity contribution is 0.669. The molecule has 58 heavy (non-hydrogen) atoms. The molecule has 5 heteroatoms. The van der Waals surface area contributed by atoms with E-state index in [1.165, 1.54) is 32.3 Å². The van der Waals surface area contributed by atoms with Gasteiger partial charge in [-0.2, -0.15) is 0 Å². The molecule has 0 aliphatic rings. The maximum absolute atomic E-state index is 6.76. The van der Waals surface area contributed by atoms with E-state index in [1.807, 2.05) is 48.5 Å². The number of aromatic nitrogens is 4. The van der Waals surface area contributed by atoms with Gasteiger partial charge in [-0.1, -0.05) is 152 Å². The molecule has 0 aliphatic carbocycles. The average Bonchev–Trinajstić information content (AvgIpc) is 3.84. The molecule has 270 valence electrons. The minimum Gasteiger partial charge on any atom is -0.455 e. The molecule has 12 rings (SSSR count). The number of nitrogens with zero attached hydrogens (tertiary/aromatic N) is 4. The van der Waals surface area contributed by atoms with Gasteiger partial charge in [0.05, 0.1) is 16.6 Å². The number of furan rings is 1. The number of fused-ring (bicyclic) bond motifs is 9. The van der Waals surface area contributed by atoms with Gasteiger partial charge in [-0.25, -0.2) is 15.0 Å². The van der Waals surface area contributed by atoms with E-state index < -0.39 is 0 Å². The molecule has 0 amide bonds. The molecular weight excluding hydrogens is 709 g/mol. The Hall–Kier alpha value is -7.89. The van der Waals surface area contributed by atoms with Crippen LogP contribution in [0.25, 0.3) is 116 Å². The second kappa shape index (κ2) is 12.8. The van der Waals surface area contributed by atoms with Crippen molar-refractivity contribution in [3.8, 4) is 51.0 Å². The van der Waals surface area contributed by atoms with Gasteiger partial charge in [0.15, 0.2) is 17.5 Å². The molecule has 0 fully saturated rings. The summed E-state index contributed by atoms with van der Waals surface area (Å²) in [4.78, 5) is 15.6. The van der Waals surface area contributed by atoms with Crippen molar-refractivity contribution in [2.45, 2.75) is 0 Å². The summed E-state index contributed by atoms with van der Waals surface area (Å²) in [7, 11) is 0. The number of rotatable bonds is 5. The van der Waals surface area contributed by atoms with Gasteiger partial charge in [-0.3, -0.25) is 0 Å². The van der Waals surface area contributed by atoms with Crippen molar-refractivity contribution in [2.75, 3.05) is 0 Å². The van der Waals surface area contributed by atoms with Crippen molar-refractivity contribution in [1.82, 2.24) is 19.5 Å². The zero-order valence-corrected chi connectivity index (χ0v) is 31.2. The molecule has 0 atom stereocenters. The van der Waals surface area contributed by atoms with Gasteiger partial charge in [-0.05, 0) is 75.1 Å². The summed E-state index contributed by atoms with van der Waals surface area (Å²) in [6, 6.07) is 68.1. The Morgan fingerprint density at radius 3 is 1.79 bits per heavy atom. The first-order valence-corrected chi connectivity index (χ1v) is 19.5. The highest BCUT2D eigenvalue weighted by Crippen LogP contribution is 2.43. The van der Waals surface area contributed by atoms with Gasteiger partial charge in [0.1, 0.15) is 11.2 Å². The van der Waals surface area contributed by atoms with E-state index in [1.54, 1.807) is 0 Å². The predicted octanol–water partition coefficient (Wildman–Crippen LogP) is 13.8. The third-order valence-corrected chi connectivity index (χ3v) is 11.4. The molecule has 0 bridgehead atoms. The highest BCUT2D eigenvalue weighted by atomic mass is 16.3. The fraction of sp³-hybridized carbons (Fsp3) is 0. The third-order valence-electron chi connectivity index (χ3n) is 11.4. The van der Waals surface area contributed by atoms with Crippen LogP contribution < -0.4 is 0 Å². The number of hydrogen-bond acceptors (Lipinski definition) is 4. The van der Waals surface area contributed by atoms with Crippen LogP contribution in [0.5, 0.6) is 0 Å². The molecule has 5 nitrogen and oxygen atoms in total. The molecule has 0 saturated heterocycles. The first-order valence-electron chi connectivity index (χ1n) is 19.5. The van der Waals surface area contributed by atoms with Crippen LogP contribution in [0.1, 0.15) is 0 Å². The Balaban J connectivity index is 1.17. The lowest BCUT2D eigenvalue weighted by Crippen LogP contribution is -2.02. The quantitative estimate of drug-likeness (QED) is 0.176. The Morgan fingerprint density at radius 2 is 0.983 bits per heavy atom. The van der Waals surface area contributed by atoms with E-state index in [4.69, 9.17) is 19.4 Å². The standard InChI is InChI=1S/C53H32N4O/c1-3-14-33(15-4-1)36-21-13-22-39(28-36)52-54-51(35-17-5-2-6-18-35)55-53(56-52)45-32-40(31-43-42-24-11-12-25-48(42)58-50(43)45)57-46-27-26-34-16-9-10-23-41(34)49(46)44-29-37-19-7-8-20-38(37)30-47(44)57/h1-32H. The first kappa shape index (κ1) is 32.4. The Kier molecular flexibility index (Phi) is 7.16.